The quantitative estimate of drug-likeness (QED) is 0.517. The normalized spacial score (nSPS) is 10.1. The molecule has 0 fully saturated rings. The lowest BCUT2D eigenvalue weighted by atomic mass is 10.1. The first kappa shape index (κ1) is 14.3. The summed E-state index contributed by atoms with van der Waals surface area (Å²) in [4.78, 5) is 21.7. The van der Waals surface area contributed by atoms with Gasteiger partial charge in [0.05, 0.1) is 16.2 Å². The zero-order valence-electron chi connectivity index (χ0n) is 9.97. The zero-order valence-corrected chi connectivity index (χ0v) is 11.5. The third-order valence-corrected chi connectivity index (χ3v) is 3.00. The molecule has 0 heterocycles. The zero-order chi connectivity index (χ0) is 14.7. The molecular weight excluding hydrogens is 303 g/mol. The van der Waals surface area contributed by atoms with Crippen LogP contribution >= 0.6 is 23.2 Å². The fraction of sp³-hybridized carbons (Fsp3) is 0. The Morgan fingerprint density at radius 2 is 1.85 bits per heavy atom. The molecule has 0 aliphatic heterocycles. The van der Waals surface area contributed by atoms with E-state index in [2.05, 4.69) is 5.32 Å². The van der Waals surface area contributed by atoms with E-state index in [0.29, 0.717) is 5.69 Å². The third kappa shape index (κ3) is 3.07. The van der Waals surface area contributed by atoms with E-state index >= 15 is 0 Å². The summed E-state index contributed by atoms with van der Waals surface area (Å²) in [6.07, 6.45) is 0. The number of hydrogen-bond acceptors (Lipinski definition) is 4. The Bertz CT molecular complexity index is 689. The fourth-order valence-electron chi connectivity index (χ4n) is 1.67. The Hall–Kier alpha value is -2.11. The average Bonchev–Trinajstić information content (AvgIpc) is 2.41. The van der Waals surface area contributed by atoms with Gasteiger partial charge in [-0.25, -0.2) is 0 Å². The molecule has 2 aromatic carbocycles. The van der Waals surface area contributed by atoms with E-state index in [4.69, 9.17) is 23.2 Å². The van der Waals surface area contributed by atoms with Crippen LogP contribution in [0.2, 0.25) is 5.02 Å². The molecule has 2 rings (SSSR count). The van der Waals surface area contributed by atoms with E-state index in [1.54, 1.807) is 18.2 Å². The van der Waals surface area contributed by atoms with Gasteiger partial charge in [-0.1, -0.05) is 23.7 Å². The van der Waals surface area contributed by atoms with Gasteiger partial charge in [-0.15, -0.1) is 0 Å². The SMILES string of the molecule is O=C(Cl)c1ccccc1Nc1ccc(Cl)cc1[N+](=O)[O-]. The maximum absolute atomic E-state index is 11.3. The van der Waals surface area contributed by atoms with Crippen molar-refractivity contribution in [2.75, 3.05) is 5.32 Å². The lowest BCUT2D eigenvalue weighted by Crippen LogP contribution is -2.01. The highest BCUT2D eigenvalue weighted by molar-refractivity contribution is 6.68. The number of carbonyl (C=O) groups excluding carboxylic acids is 1. The number of benzene rings is 2. The van der Waals surface area contributed by atoms with Crippen molar-refractivity contribution in [1.82, 2.24) is 0 Å². The van der Waals surface area contributed by atoms with Gasteiger partial charge in [-0.3, -0.25) is 14.9 Å². The van der Waals surface area contributed by atoms with Gasteiger partial charge in [-0.05, 0) is 35.9 Å². The van der Waals surface area contributed by atoms with E-state index < -0.39 is 10.2 Å². The van der Waals surface area contributed by atoms with Crippen molar-refractivity contribution in [2.24, 2.45) is 0 Å². The summed E-state index contributed by atoms with van der Waals surface area (Å²) in [5.74, 6) is 0. The second-order valence-corrected chi connectivity index (χ2v) is 4.64. The molecule has 0 aliphatic rings. The number of carbonyl (C=O) groups is 1. The third-order valence-electron chi connectivity index (χ3n) is 2.56. The Kier molecular flexibility index (Phi) is 4.22. The van der Waals surface area contributed by atoms with Crippen LogP contribution in [0.5, 0.6) is 0 Å². The second-order valence-electron chi connectivity index (χ2n) is 3.86. The predicted octanol–water partition coefficient (Wildman–Crippen LogP) is 4.37. The summed E-state index contributed by atoms with van der Waals surface area (Å²) in [6.45, 7) is 0. The lowest BCUT2D eigenvalue weighted by molar-refractivity contribution is -0.383. The Morgan fingerprint density at radius 3 is 2.50 bits per heavy atom. The largest absolute Gasteiger partial charge is 0.349 e. The summed E-state index contributed by atoms with van der Waals surface area (Å²) in [5, 5.41) is 13.4. The van der Waals surface area contributed by atoms with E-state index in [0.717, 1.165) is 0 Å². The maximum Gasteiger partial charge on any atom is 0.294 e. The molecule has 0 radical (unpaired) electrons. The summed E-state index contributed by atoms with van der Waals surface area (Å²) < 4.78 is 0. The van der Waals surface area contributed by atoms with Crippen LogP contribution in [-0.4, -0.2) is 10.2 Å². The van der Waals surface area contributed by atoms with Crippen LogP contribution in [0.25, 0.3) is 0 Å². The predicted molar refractivity (Wildman–Crippen MR) is 78.0 cm³/mol. The van der Waals surface area contributed by atoms with Crippen LogP contribution < -0.4 is 5.32 Å². The molecule has 0 bridgehead atoms. The molecular formula is C13H8Cl2N2O3. The van der Waals surface area contributed by atoms with Crippen molar-refractivity contribution in [1.29, 1.82) is 0 Å². The molecule has 0 spiro atoms. The molecule has 0 unspecified atom stereocenters. The van der Waals surface area contributed by atoms with Crippen LogP contribution in [0.1, 0.15) is 10.4 Å². The van der Waals surface area contributed by atoms with E-state index in [9.17, 15) is 14.9 Å². The molecule has 0 saturated carbocycles. The minimum Gasteiger partial charge on any atom is -0.349 e. The molecule has 0 saturated heterocycles. The minimum atomic E-state index is -0.648. The van der Waals surface area contributed by atoms with Crippen molar-refractivity contribution in [3.05, 3.63) is 63.2 Å². The fourth-order valence-corrected chi connectivity index (χ4v) is 2.00. The van der Waals surface area contributed by atoms with E-state index in [1.807, 2.05) is 0 Å². The minimum absolute atomic E-state index is 0.186. The van der Waals surface area contributed by atoms with Crippen LogP contribution in [0.3, 0.4) is 0 Å². The smallest absolute Gasteiger partial charge is 0.294 e. The number of para-hydroxylation sites is 1. The molecule has 20 heavy (non-hydrogen) atoms. The van der Waals surface area contributed by atoms with Gasteiger partial charge in [0.2, 0.25) is 0 Å². The first-order chi connectivity index (χ1) is 9.49. The molecule has 2 aromatic rings. The van der Waals surface area contributed by atoms with Crippen molar-refractivity contribution in [2.45, 2.75) is 0 Å². The molecule has 5 nitrogen and oxygen atoms in total. The molecule has 0 amide bonds. The Labute approximate surface area is 124 Å². The summed E-state index contributed by atoms with van der Waals surface area (Å²) >= 11 is 11.2. The van der Waals surface area contributed by atoms with Crippen molar-refractivity contribution in [3.8, 4) is 0 Å². The monoisotopic (exact) mass is 310 g/mol. The highest BCUT2D eigenvalue weighted by Crippen LogP contribution is 2.31. The number of nitrogens with one attached hydrogen (secondary N) is 1. The summed E-state index contributed by atoms with van der Waals surface area (Å²) in [5.41, 5.74) is 0.662. The van der Waals surface area contributed by atoms with Gasteiger partial charge in [0, 0.05) is 11.1 Å². The topological polar surface area (TPSA) is 72.2 Å². The molecule has 0 atom stereocenters. The van der Waals surface area contributed by atoms with Gasteiger partial charge in [0.25, 0.3) is 10.9 Å². The van der Waals surface area contributed by atoms with Crippen LogP contribution in [0, 0.1) is 10.1 Å². The average molecular weight is 311 g/mol. The number of halogens is 2. The Balaban J connectivity index is 2.45. The van der Waals surface area contributed by atoms with Gasteiger partial charge in [0.1, 0.15) is 5.69 Å². The molecule has 1 N–H and O–H groups in total. The molecule has 0 aliphatic carbocycles. The molecule has 7 heteroatoms. The molecule has 102 valence electrons. The van der Waals surface area contributed by atoms with Gasteiger partial charge in [-0.2, -0.15) is 0 Å². The van der Waals surface area contributed by atoms with E-state index in [-0.39, 0.29) is 22.0 Å². The second kappa shape index (κ2) is 5.90. The van der Waals surface area contributed by atoms with Crippen molar-refractivity contribution < 1.29 is 9.72 Å². The standard InChI is InChI=1S/C13H8Cl2N2O3/c14-8-5-6-11(12(7-8)17(19)20)16-10-4-2-1-3-9(10)13(15)18/h1-7,16H. The van der Waals surface area contributed by atoms with Gasteiger partial charge in [0.15, 0.2) is 0 Å². The summed E-state index contributed by atoms with van der Waals surface area (Å²) in [6, 6.07) is 10.7. The van der Waals surface area contributed by atoms with Crippen LogP contribution in [0.15, 0.2) is 42.5 Å². The first-order valence-electron chi connectivity index (χ1n) is 5.49. The molecule has 0 aromatic heterocycles. The maximum atomic E-state index is 11.3. The number of rotatable bonds is 4. The van der Waals surface area contributed by atoms with Crippen molar-refractivity contribution in [3.63, 3.8) is 0 Å². The van der Waals surface area contributed by atoms with E-state index in [1.165, 1.54) is 24.3 Å². The first-order valence-corrected chi connectivity index (χ1v) is 6.24. The summed E-state index contributed by atoms with van der Waals surface area (Å²) in [7, 11) is 0. The Morgan fingerprint density at radius 1 is 1.15 bits per heavy atom. The van der Waals surface area contributed by atoms with Crippen molar-refractivity contribution >= 4 is 45.5 Å². The number of anilines is 2. The number of nitro groups is 1. The van der Waals surface area contributed by atoms with Gasteiger partial charge < -0.3 is 5.32 Å². The number of hydrogen-bond donors (Lipinski definition) is 1. The van der Waals surface area contributed by atoms with Crippen LogP contribution in [-0.2, 0) is 0 Å². The highest BCUT2D eigenvalue weighted by atomic mass is 35.5. The lowest BCUT2D eigenvalue weighted by Gasteiger charge is -2.10. The van der Waals surface area contributed by atoms with Gasteiger partial charge >= 0.3 is 0 Å². The highest BCUT2D eigenvalue weighted by Gasteiger charge is 2.16. The van der Waals surface area contributed by atoms with Crippen LogP contribution in [0.4, 0.5) is 17.1 Å². The number of nitro benzene ring substituents is 1. The number of nitrogens with zero attached hydrogens (tertiary/aromatic N) is 1.